The van der Waals surface area contributed by atoms with E-state index in [0.29, 0.717) is 25.0 Å². The average molecular weight is 253 g/mol. The van der Waals surface area contributed by atoms with Crippen molar-refractivity contribution in [2.24, 2.45) is 0 Å². The first-order valence-electron chi connectivity index (χ1n) is 6.00. The predicted molar refractivity (Wildman–Crippen MR) is 67.4 cm³/mol. The highest BCUT2D eigenvalue weighted by Crippen LogP contribution is 2.38. The van der Waals surface area contributed by atoms with Gasteiger partial charge in [-0.2, -0.15) is 15.0 Å². The Morgan fingerprint density at radius 3 is 2.72 bits per heavy atom. The van der Waals surface area contributed by atoms with Crippen molar-refractivity contribution in [3.63, 3.8) is 0 Å². The molecule has 1 saturated carbocycles. The van der Waals surface area contributed by atoms with Crippen molar-refractivity contribution in [3.05, 3.63) is 5.82 Å². The van der Waals surface area contributed by atoms with Gasteiger partial charge in [-0.1, -0.05) is 0 Å². The summed E-state index contributed by atoms with van der Waals surface area (Å²) in [6, 6.07) is 0. The standard InChI is InChI=1S/C11H19N5O2/c1-17-6-8(18-2)5-13-11-15-9(7-3-4-7)14-10(12)16-11/h7-8H,3-6H2,1-2H3,(H3,12,13,14,15,16). The van der Waals surface area contributed by atoms with Crippen molar-refractivity contribution >= 4 is 11.9 Å². The Balaban J connectivity index is 1.95. The Labute approximate surface area is 106 Å². The number of nitrogens with zero attached hydrogens (tertiary/aromatic N) is 3. The minimum Gasteiger partial charge on any atom is -0.382 e. The number of ether oxygens (including phenoxy) is 2. The van der Waals surface area contributed by atoms with Gasteiger partial charge < -0.3 is 20.5 Å². The Kier molecular flexibility index (Phi) is 4.27. The summed E-state index contributed by atoms with van der Waals surface area (Å²) in [6.07, 6.45) is 2.22. The number of anilines is 2. The first kappa shape index (κ1) is 13.0. The van der Waals surface area contributed by atoms with Crippen LogP contribution >= 0.6 is 0 Å². The molecule has 1 aliphatic carbocycles. The highest BCUT2D eigenvalue weighted by molar-refractivity contribution is 5.32. The summed E-state index contributed by atoms with van der Waals surface area (Å²) in [5.41, 5.74) is 5.66. The van der Waals surface area contributed by atoms with E-state index in [1.807, 2.05) is 0 Å². The molecule has 1 aromatic rings. The quantitative estimate of drug-likeness (QED) is 0.726. The van der Waals surface area contributed by atoms with Crippen molar-refractivity contribution in [2.45, 2.75) is 24.9 Å². The van der Waals surface area contributed by atoms with Gasteiger partial charge in [-0.05, 0) is 12.8 Å². The van der Waals surface area contributed by atoms with Gasteiger partial charge >= 0.3 is 0 Å². The Morgan fingerprint density at radius 2 is 2.11 bits per heavy atom. The fourth-order valence-electron chi connectivity index (χ4n) is 1.61. The summed E-state index contributed by atoms with van der Waals surface area (Å²) in [6.45, 7) is 1.08. The van der Waals surface area contributed by atoms with Crippen LogP contribution < -0.4 is 11.1 Å². The lowest BCUT2D eigenvalue weighted by atomic mass is 10.4. The van der Waals surface area contributed by atoms with E-state index < -0.39 is 0 Å². The van der Waals surface area contributed by atoms with Crippen molar-refractivity contribution in [3.8, 4) is 0 Å². The number of hydrogen-bond donors (Lipinski definition) is 2. The maximum atomic E-state index is 5.66. The SMILES string of the molecule is COCC(CNc1nc(N)nc(C2CC2)n1)OC. The van der Waals surface area contributed by atoms with Crippen LogP contribution in [0.2, 0.25) is 0 Å². The van der Waals surface area contributed by atoms with Crippen LogP contribution in [-0.4, -0.2) is 48.4 Å². The number of aromatic nitrogens is 3. The summed E-state index contributed by atoms with van der Waals surface area (Å²) < 4.78 is 10.3. The fourth-order valence-corrected chi connectivity index (χ4v) is 1.61. The molecule has 1 atom stereocenters. The van der Waals surface area contributed by atoms with E-state index in [-0.39, 0.29) is 12.1 Å². The smallest absolute Gasteiger partial charge is 0.227 e. The molecule has 0 spiro atoms. The summed E-state index contributed by atoms with van der Waals surface area (Å²) in [5.74, 6) is 2.00. The Hall–Kier alpha value is -1.47. The van der Waals surface area contributed by atoms with Crippen LogP contribution in [0.4, 0.5) is 11.9 Å². The lowest BCUT2D eigenvalue weighted by Crippen LogP contribution is -2.27. The monoisotopic (exact) mass is 253 g/mol. The van der Waals surface area contributed by atoms with E-state index in [4.69, 9.17) is 15.2 Å². The van der Waals surface area contributed by atoms with Crippen molar-refractivity contribution in [1.82, 2.24) is 15.0 Å². The van der Waals surface area contributed by atoms with E-state index >= 15 is 0 Å². The first-order valence-corrected chi connectivity index (χ1v) is 6.00. The summed E-state index contributed by atoms with van der Waals surface area (Å²) >= 11 is 0. The van der Waals surface area contributed by atoms with Gasteiger partial charge in [-0.3, -0.25) is 0 Å². The van der Waals surface area contributed by atoms with E-state index in [2.05, 4.69) is 20.3 Å². The molecule has 0 aromatic carbocycles. The molecule has 0 saturated heterocycles. The summed E-state index contributed by atoms with van der Waals surface area (Å²) in [7, 11) is 3.28. The maximum absolute atomic E-state index is 5.66. The molecule has 0 amide bonds. The molecule has 0 aliphatic heterocycles. The minimum absolute atomic E-state index is 0.0441. The second-order valence-electron chi connectivity index (χ2n) is 4.34. The van der Waals surface area contributed by atoms with Crippen LogP contribution in [0.15, 0.2) is 0 Å². The van der Waals surface area contributed by atoms with Gasteiger partial charge in [0.15, 0.2) is 0 Å². The first-order chi connectivity index (χ1) is 8.72. The molecule has 1 aliphatic rings. The molecule has 2 rings (SSSR count). The van der Waals surface area contributed by atoms with Crippen LogP contribution in [-0.2, 0) is 9.47 Å². The molecule has 1 unspecified atom stereocenters. The topological polar surface area (TPSA) is 95.2 Å². The Bertz CT molecular complexity index is 397. The zero-order valence-electron chi connectivity index (χ0n) is 10.7. The Morgan fingerprint density at radius 1 is 1.33 bits per heavy atom. The van der Waals surface area contributed by atoms with Gasteiger partial charge in [0.05, 0.1) is 12.7 Å². The molecular weight excluding hydrogens is 234 g/mol. The van der Waals surface area contributed by atoms with Crippen LogP contribution in [0.25, 0.3) is 0 Å². The number of rotatable bonds is 7. The highest BCUT2D eigenvalue weighted by atomic mass is 16.5. The number of methoxy groups -OCH3 is 2. The van der Waals surface area contributed by atoms with Gasteiger partial charge in [0.1, 0.15) is 5.82 Å². The average Bonchev–Trinajstić information content (AvgIpc) is 3.18. The molecule has 7 heteroatoms. The van der Waals surface area contributed by atoms with Crippen molar-refractivity contribution in [1.29, 1.82) is 0 Å². The normalized spacial score (nSPS) is 16.6. The molecule has 0 radical (unpaired) electrons. The number of nitrogens with two attached hydrogens (primary N) is 1. The largest absolute Gasteiger partial charge is 0.382 e. The van der Waals surface area contributed by atoms with Gasteiger partial charge in [0.2, 0.25) is 11.9 Å². The lowest BCUT2D eigenvalue weighted by molar-refractivity contribution is 0.0365. The van der Waals surface area contributed by atoms with Crippen LogP contribution in [0.1, 0.15) is 24.6 Å². The van der Waals surface area contributed by atoms with Crippen molar-refractivity contribution in [2.75, 3.05) is 38.4 Å². The summed E-state index contributed by atoms with van der Waals surface area (Å²) in [5, 5.41) is 3.10. The van der Waals surface area contributed by atoms with Gasteiger partial charge in [0.25, 0.3) is 0 Å². The van der Waals surface area contributed by atoms with Crippen molar-refractivity contribution < 1.29 is 9.47 Å². The van der Waals surface area contributed by atoms with E-state index in [9.17, 15) is 0 Å². The van der Waals surface area contributed by atoms with Gasteiger partial charge in [-0.15, -0.1) is 0 Å². The molecule has 100 valence electrons. The van der Waals surface area contributed by atoms with Crippen LogP contribution in [0, 0.1) is 0 Å². The second-order valence-corrected chi connectivity index (χ2v) is 4.34. The molecule has 1 fully saturated rings. The second kappa shape index (κ2) is 5.92. The number of nitrogen functional groups attached to an aromatic ring is 1. The van der Waals surface area contributed by atoms with E-state index in [1.54, 1.807) is 14.2 Å². The molecule has 18 heavy (non-hydrogen) atoms. The van der Waals surface area contributed by atoms with Crippen LogP contribution in [0.3, 0.4) is 0 Å². The third kappa shape index (κ3) is 3.51. The van der Waals surface area contributed by atoms with Crippen LogP contribution in [0.5, 0.6) is 0 Å². The van der Waals surface area contributed by atoms with Gasteiger partial charge in [-0.25, -0.2) is 0 Å². The third-order valence-corrected chi connectivity index (χ3v) is 2.79. The molecule has 3 N–H and O–H groups in total. The zero-order chi connectivity index (χ0) is 13.0. The van der Waals surface area contributed by atoms with E-state index in [1.165, 1.54) is 0 Å². The predicted octanol–water partition coefficient (Wildman–Crippen LogP) is 0.404. The van der Waals surface area contributed by atoms with E-state index in [0.717, 1.165) is 18.7 Å². The number of hydrogen-bond acceptors (Lipinski definition) is 7. The third-order valence-electron chi connectivity index (χ3n) is 2.79. The molecule has 1 aromatic heterocycles. The zero-order valence-corrected chi connectivity index (χ0v) is 10.7. The molecule has 7 nitrogen and oxygen atoms in total. The highest BCUT2D eigenvalue weighted by Gasteiger charge is 2.27. The molecular formula is C11H19N5O2. The number of nitrogens with one attached hydrogen (secondary N) is 1. The minimum atomic E-state index is -0.0441. The fraction of sp³-hybridized carbons (Fsp3) is 0.727. The summed E-state index contributed by atoms with van der Waals surface area (Å²) in [4.78, 5) is 12.5. The maximum Gasteiger partial charge on any atom is 0.227 e. The molecule has 1 heterocycles. The molecule has 0 bridgehead atoms. The lowest BCUT2D eigenvalue weighted by Gasteiger charge is -2.15. The van der Waals surface area contributed by atoms with Gasteiger partial charge in [0, 0.05) is 26.7 Å².